The lowest BCUT2D eigenvalue weighted by atomic mass is 9.82. The van der Waals surface area contributed by atoms with Crippen molar-refractivity contribution < 1.29 is 0 Å². The summed E-state index contributed by atoms with van der Waals surface area (Å²) in [6, 6.07) is 50.6. The monoisotopic (exact) mass is 655 g/mol. The van der Waals surface area contributed by atoms with Crippen molar-refractivity contribution in [1.29, 1.82) is 0 Å². The topological polar surface area (TPSA) is 64.5 Å². The van der Waals surface area contributed by atoms with Crippen molar-refractivity contribution in [3.8, 4) is 78.8 Å². The van der Waals surface area contributed by atoms with Crippen LogP contribution in [0.4, 0.5) is 0 Å². The van der Waals surface area contributed by atoms with Gasteiger partial charge in [0.25, 0.3) is 0 Å². The highest BCUT2D eigenvalue weighted by Crippen LogP contribution is 2.50. The Labute approximate surface area is 297 Å². The summed E-state index contributed by atoms with van der Waals surface area (Å²) in [6.45, 7) is 4.60. The Morgan fingerprint density at radius 1 is 0.392 bits per heavy atom. The van der Waals surface area contributed by atoms with Gasteiger partial charge in [-0.05, 0) is 69.3 Å². The molecule has 0 radical (unpaired) electrons. The van der Waals surface area contributed by atoms with E-state index in [1.807, 2.05) is 60.9 Å². The zero-order valence-electron chi connectivity index (χ0n) is 28.3. The van der Waals surface area contributed by atoms with Crippen molar-refractivity contribution in [3.63, 3.8) is 0 Å². The molecule has 9 rings (SSSR count). The first-order chi connectivity index (χ1) is 25.0. The first-order valence-corrected chi connectivity index (χ1v) is 17.2. The summed E-state index contributed by atoms with van der Waals surface area (Å²) in [6.07, 6.45) is 5.57. The molecule has 0 unspecified atom stereocenters. The van der Waals surface area contributed by atoms with Gasteiger partial charge in [-0.2, -0.15) is 0 Å². The zero-order chi connectivity index (χ0) is 34.4. The Morgan fingerprint density at radius 3 is 1.49 bits per heavy atom. The van der Waals surface area contributed by atoms with E-state index in [1.54, 1.807) is 6.20 Å². The molecule has 0 atom stereocenters. The number of fused-ring (bicyclic) bond motifs is 3. The molecule has 1 aliphatic rings. The molecular formula is C46H33N5. The number of hydrogen-bond donors (Lipinski definition) is 0. The van der Waals surface area contributed by atoms with E-state index in [4.69, 9.17) is 19.9 Å². The molecule has 1 aliphatic carbocycles. The fraction of sp³-hybridized carbons (Fsp3) is 0.0652. The van der Waals surface area contributed by atoms with Crippen LogP contribution in [0.5, 0.6) is 0 Å². The minimum absolute atomic E-state index is 0.149. The first kappa shape index (κ1) is 30.5. The highest BCUT2D eigenvalue weighted by Gasteiger charge is 2.36. The quantitative estimate of drug-likeness (QED) is 0.178. The van der Waals surface area contributed by atoms with Crippen LogP contribution in [0.15, 0.2) is 164 Å². The van der Waals surface area contributed by atoms with Gasteiger partial charge >= 0.3 is 0 Å². The van der Waals surface area contributed by atoms with E-state index in [2.05, 4.69) is 116 Å². The van der Waals surface area contributed by atoms with Gasteiger partial charge in [-0.3, -0.25) is 9.97 Å². The average Bonchev–Trinajstić information content (AvgIpc) is 3.43. The van der Waals surface area contributed by atoms with Crippen LogP contribution in [0.1, 0.15) is 25.0 Å². The summed E-state index contributed by atoms with van der Waals surface area (Å²) < 4.78 is 0. The smallest absolute Gasteiger partial charge is 0.164 e. The molecule has 0 bridgehead atoms. The van der Waals surface area contributed by atoms with Gasteiger partial charge in [0.15, 0.2) is 17.5 Å². The summed E-state index contributed by atoms with van der Waals surface area (Å²) in [7, 11) is 0. The molecule has 0 N–H and O–H groups in total. The third-order valence-corrected chi connectivity index (χ3v) is 9.91. The molecule has 0 saturated heterocycles. The minimum atomic E-state index is -0.149. The van der Waals surface area contributed by atoms with Crippen LogP contribution in [-0.4, -0.2) is 24.9 Å². The fourth-order valence-corrected chi connectivity index (χ4v) is 7.13. The second kappa shape index (κ2) is 12.4. The molecular weight excluding hydrogens is 623 g/mol. The van der Waals surface area contributed by atoms with E-state index in [1.165, 1.54) is 27.8 Å². The molecule has 0 aliphatic heterocycles. The molecule has 5 aromatic carbocycles. The lowest BCUT2D eigenvalue weighted by Crippen LogP contribution is -2.14. The summed E-state index contributed by atoms with van der Waals surface area (Å²) >= 11 is 0. The highest BCUT2D eigenvalue weighted by molar-refractivity contribution is 5.87. The number of pyridine rings is 2. The molecule has 0 saturated carbocycles. The van der Waals surface area contributed by atoms with Crippen molar-refractivity contribution in [3.05, 3.63) is 175 Å². The van der Waals surface area contributed by atoms with Crippen molar-refractivity contribution in [2.24, 2.45) is 0 Å². The first-order valence-electron chi connectivity index (χ1n) is 17.2. The molecule has 0 fully saturated rings. The molecule has 242 valence electrons. The van der Waals surface area contributed by atoms with Crippen LogP contribution in [-0.2, 0) is 5.41 Å². The average molecular weight is 656 g/mol. The maximum absolute atomic E-state index is 5.08. The Morgan fingerprint density at radius 2 is 0.882 bits per heavy atom. The van der Waals surface area contributed by atoms with Crippen molar-refractivity contribution >= 4 is 0 Å². The highest BCUT2D eigenvalue weighted by atomic mass is 15.0. The molecule has 5 heteroatoms. The summed E-state index contributed by atoms with van der Waals surface area (Å²) in [5.74, 6) is 1.93. The Hall–Kier alpha value is -6.59. The third-order valence-electron chi connectivity index (χ3n) is 9.91. The van der Waals surface area contributed by atoms with Crippen LogP contribution in [0.3, 0.4) is 0 Å². The van der Waals surface area contributed by atoms with E-state index in [-0.39, 0.29) is 5.41 Å². The van der Waals surface area contributed by atoms with Crippen LogP contribution in [0, 0.1) is 0 Å². The molecule has 3 heterocycles. The predicted octanol–water partition coefficient (Wildman–Crippen LogP) is 11.0. The Balaban J connectivity index is 1.12. The Kier molecular flexibility index (Phi) is 7.40. The van der Waals surface area contributed by atoms with Crippen LogP contribution >= 0.6 is 0 Å². The second-order valence-electron chi connectivity index (χ2n) is 13.4. The van der Waals surface area contributed by atoms with Crippen LogP contribution < -0.4 is 0 Å². The fourth-order valence-electron chi connectivity index (χ4n) is 7.13. The molecule has 0 amide bonds. The zero-order valence-corrected chi connectivity index (χ0v) is 28.3. The van der Waals surface area contributed by atoms with E-state index in [9.17, 15) is 0 Å². The predicted molar refractivity (Wildman–Crippen MR) is 206 cm³/mol. The molecule has 51 heavy (non-hydrogen) atoms. The second-order valence-corrected chi connectivity index (χ2v) is 13.4. The van der Waals surface area contributed by atoms with Gasteiger partial charge in [-0.1, -0.05) is 129 Å². The van der Waals surface area contributed by atoms with Gasteiger partial charge in [0.1, 0.15) is 0 Å². The normalized spacial score (nSPS) is 12.7. The number of hydrogen-bond acceptors (Lipinski definition) is 5. The van der Waals surface area contributed by atoms with Gasteiger partial charge < -0.3 is 0 Å². The maximum Gasteiger partial charge on any atom is 0.164 e. The molecule has 0 spiro atoms. The largest absolute Gasteiger partial charge is 0.264 e. The molecule has 8 aromatic rings. The van der Waals surface area contributed by atoms with E-state index in [0.717, 1.165) is 44.6 Å². The summed E-state index contributed by atoms with van der Waals surface area (Å²) in [5.41, 5.74) is 14.1. The van der Waals surface area contributed by atoms with E-state index in [0.29, 0.717) is 17.5 Å². The number of aromatic nitrogens is 5. The lowest BCUT2D eigenvalue weighted by Gasteiger charge is -2.21. The Bertz CT molecular complexity index is 2510. The van der Waals surface area contributed by atoms with Gasteiger partial charge in [-0.25, -0.2) is 15.0 Å². The van der Waals surface area contributed by atoms with E-state index >= 15 is 0 Å². The number of rotatable bonds is 6. The standard InChI is InChI=1S/C46H33N5/c1-46(2)40-22-19-34(36-21-24-42(48-29-36)37-14-9-25-47-28-37)26-38(40)39-27-35(20-23-41(39)46)45-50-43(32-12-7-4-8-13-32)49-44(51-45)33-17-15-31(16-18-33)30-10-5-3-6-11-30/h3-29H,1-2H3. The summed E-state index contributed by atoms with van der Waals surface area (Å²) in [4.78, 5) is 24.1. The molecule has 5 nitrogen and oxygen atoms in total. The maximum atomic E-state index is 5.08. The number of benzene rings is 5. The van der Waals surface area contributed by atoms with Crippen molar-refractivity contribution in [2.45, 2.75) is 19.3 Å². The van der Waals surface area contributed by atoms with E-state index < -0.39 is 0 Å². The SMILES string of the molecule is CC1(C)c2ccc(-c3ccc(-c4cccnc4)nc3)cc2-c2cc(-c3nc(-c4ccccc4)nc(-c4ccc(-c5ccccc5)cc4)n3)ccc21. The van der Waals surface area contributed by atoms with Crippen LogP contribution in [0.2, 0.25) is 0 Å². The molecule has 3 aromatic heterocycles. The summed E-state index contributed by atoms with van der Waals surface area (Å²) in [5, 5.41) is 0. The van der Waals surface area contributed by atoms with Gasteiger partial charge in [0, 0.05) is 51.8 Å². The van der Waals surface area contributed by atoms with Crippen LogP contribution in [0.25, 0.3) is 78.8 Å². The van der Waals surface area contributed by atoms with Crippen molar-refractivity contribution in [2.75, 3.05) is 0 Å². The minimum Gasteiger partial charge on any atom is -0.264 e. The lowest BCUT2D eigenvalue weighted by molar-refractivity contribution is 0.660. The van der Waals surface area contributed by atoms with Gasteiger partial charge in [0.2, 0.25) is 0 Å². The third kappa shape index (κ3) is 5.59. The van der Waals surface area contributed by atoms with Crippen molar-refractivity contribution in [1.82, 2.24) is 24.9 Å². The number of nitrogens with zero attached hydrogens (tertiary/aromatic N) is 5. The van der Waals surface area contributed by atoms with Gasteiger partial charge in [0.05, 0.1) is 5.69 Å². The van der Waals surface area contributed by atoms with Gasteiger partial charge in [-0.15, -0.1) is 0 Å².